The normalized spacial score (nSPS) is 12.5. The van der Waals surface area contributed by atoms with E-state index in [1.54, 1.807) is 17.4 Å². The molecule has 0 N–H and O–H groups in total. The lowest BCUT2D eigenvalue weighted by molar-refractivity contribution is 0.748. The van der Waals surface area contributed by atoms with Crippen LogP contribution in [0.4, 0.5) is 0 Å². The van der Waals surface area contributed by atoms with Gasteiger partial charge in [0.2, 0.25) is 0 Å². The van der Waals surface area contributed by atoms with Gasteiger partial charge in [-0.25, -0.2) is 4.98 Å². The maximum atomic E-state index is 9.10. The smallest absolute Gasteiger partial charge is 0.128 e. The molecule has 0 saturated heterocycles. The summed E-state index contributed by atoms with van der Waals surface area (Å²) in [6, 6.07) is 9.86. The average molecular weight is 316 g/mol. The second-order valence-corrected chi connectivity index (χ2v) is 6.67. The first-order valence-corrected chi connectivity index (χ1v) is 7.99. The van der Waals surface area contributed by atoms with Gasteiger partial charge in [-0.1, -0.05) is 0 Å². The number of hydrogen-bond acceptors (Lipinski definition) is 3. The molecule has 0 bridgehead atoms. The van der Waals surface area contributed by atoms with E-state index >= 15 is 0 Å². The minimum absolute atomic E-state index is 0.178. The largest absolute Gasteiger partial charge is 0.321 e. The van der Waals surface area contributed by atoms with Crippen molar-refractivity contribution < 1.29 is 0 Å². The summed E-state index contributed by atoms with van der Waals surface area (Å²) in [5.74, 6) is 0.842. The number of nitrogens with zero attached hydrogens (tertiary/aromatic N) is 3. The Morgan fingerprint density at radius 3 is 2.86 bits per heavy atom. The summed E-state index contributed by atoms with van der Waals surface area (Å²) in [5.41, 5.74) is 3.75. The fourth-order valence-corrected chi connectivity index (χ4v) is 3.45. The van der Waals surface area contributed by atoms with Crippen LogP contribution in [0.25, 0.3) is 11.0 Å². The molecular formula is C16H14ClN3S. The van der Waals surface area contributed by atoms with Gasteiger partial charge in [-0.15, -0.1) is 22.9 Å². The summed E-state index contributed by atoms with van der Waals surface area (Å²) in [6.45, 7) is 4.77. The summed E-state index contributed by atoms with van der Waals surface area (Å²) in [7, 11) is 0. The Labute approximate surface area is 132 Å². The van der Waals surface area contributed by atoms with E-state index in [0.29, 0.717) is 5.56 Å². The van der Waals surface area contributed by atoms with Crippen molar-refractivity contribution in [3.63, 3.8) is 0 Å². The van der Waals surface area contributed by atoms with Crippen molar-refractivity contribution >= 4 is 34.0 Å². The Kier molecular flexibility index (Phi) is 3.71. The van der Waals surface area contributed by atoms with Gasteiger partial charge in [0, 0.05) is 4.88 Å². The van der Waals surface area contributed by atoms with Crippen LogP contribution >= 0.6 is 22.9 Å². The molecule has 0 amide bonds. The molecule has 2 aromatic heterocycles. The fraction of sp³-hybridized carbons (Fsp3) is 0.250. The zero-order valence-electron chi connectivity index (χ0n) is 11.8. The van der Waals surface area contributed by atoms with Crippen LogP contribution in [0.15, 0.2) is 29.6 Å². The number of nitriles is 1. The summed E-state index contributed by atoms with van der Waals surface area (Å²) >= 11 is 8.02. The average Bonchev–Trinajstić information content (AvgIpc) is 3.03. The molecule has 0 aliphatic rings. The molecule has 0 spiro atoms. The van der Waals surface area contributed by atoms with Crippen molar-refractivity contribution in [2.75, 3.05) is 0 Å². The molecule has 3 rings (SSSR count). The fourth-order valence-electron chi connectivity index (χ4n) is 2.39. The van der Waals surface area contributed by atoms with Gasteiger partial charge in [0.05, 0.1) is 34.6 Å². The van der Waals surface area contributed by atoms with E-state index in [1.807, 2.05) is 19.1 Å². The van der Waals surface area contributed by atoms with E-state index in [4.69, 9.17) is 16.9 Å². The number of hydrogen-bond donors (Lipinski definition) is 0. The number of aromatic nitrogens is 2. The quantitative estimate of drug-likeness (QED) is 0.661. The Balaban J connectivity index is 2.19. The molecule has 0 aliphatic carbocycles. The molecule has 0 fully saturated rings. The highest BCUT2D eigenvalue weighted by Crippen LogP contribution is 2.28. The lowest BCUT2D eigenvalue weighted by Crippen LogP contribution is -2.05. The van der Waals surface area contributed by atoms with Crippen LogP contribution in [0.2, 0.25) is 0 Å². The molecule has 1 atom stereocenters. The van der Waals surface area contributed by atoms with Crippen molar-refractivity contribution in [3.8, 4) is 6.07 Å². The Morgan fingerprint density at radius 1 is 1.43 bits per heavy atom. The van der Waals surface area contributed by atoms with Crippen LogP contribution in [-0.2, 0) is 6.54 Å². The summed E-state index contributed by atoms with van der Waals surface area (Å²) in [4.78, 5) is 5.91. The van der Waals surface area contributed by atoms with Gasteiger partial charge in [-0.05, 0) is 49.1 Å². The van der Waals surface area contributed by atoms with Crippen LogP contribution in [0, 0.1) is 18.3 Å². The van der Waals surface area contributed by atoms with E-state index in [2.05, 4.69) is 34.0 Å². The highest BCUT2D eigenvalue weighted by Gasteiger charge is 2.16. The first-order valence-electron chi connectivity index (χ1n) is 6.67. The Bertz CT molecular complexity index is 839. The van der Waals surface area contributed by atoms with Gasteiger partial charge >= 0.3 is 0 Å². The molecule has 3 nitrogen and oxygen atoms in total. The molecule has 5 heteroatoms. The van der Waals surface area contributed by atoms with Crippen LogP contribution in [-0.4, -0.2) is 9.55 Å². The molecule has 1 aromatic carbocycles. The van der Waals surface area contributed by atoms with E-state index in [0.717, 1.165) is 23.4 Å². The molecule has 21 heavy (non-hydrogen) atoms. The van der Waals surface area contributed by atoms with Crippen molar-refractivity contribution in [2.45, 2.75) is 25.8 Å². The van der Waals surface area contributed by atoms with E-state index in [-0.39, 0.29) is 5.38 Å². The number of fused-ring (bicyclic) bond motifs is 1. The lowest BCUT2D eigenvalue weighted by atomic mass is 10.2. The third-order valence-corrected chi connectivity index (χ3v) is 4.74. The maximum Gasteiger partial charge on any atom is 0.128 e. The monoisotopic (exact) mass is 315 g/mol. The standard InChI is InChI=1S/C16H14ClN3S/c1-10-5-6-21-15(10)9-20-14-7-12(8-18)3-4-13(14)19-16(20)11(2)17/h3-7,11H,9H2,1-2H3. The lowest BCUT2D eigenvalue weighted by Gasteiger charge is -2.10. The molecule has 0 saturated carbocycles. The van der Waals surface area contributed by atoms with Gasteiger partial charge in [-0.3, -0.25) is 0 Å². The maximum absolute atomic E-state index is 9.10. The Morgan fingerprint density at radius 2 is 2.24 bits per heavy atom. The zero-order valence-corrected chi connectivity index (χ0v) is 13.4. The highest BCUT2D eigenvalue weighted by molar-refractivity contribution is 7.10. The number of benzene rings is 1. The van der Waals surface area contributed by atoms with E-state index in [9.17, 15) is 0 Å². The van der Waals surface area contributed by atoms with Gasteiger partial charge in [0.25, 0.3) is 0 Å². The Hall–Kier alpha value is -1.83. The van der Waals surface area contributed by atoms with E-state index in [1.165, 1.54) is 10.4 Å². The minimum atomic E-state index is -0.178. The van der Waals surface area contributed by atoms with Crippen molar-refractivity contribution in [1.29, 1.82) is 5.26 Å². The predicted molar refractivity (Wildman–Crippen MR) is 86.9 cm³/mol. The van der Waals surface area contributed by atoms with E-state index < -0.39 is 0 Å². The molecule has 1 unspecified atom stereocenters. The second kappa shape index (κ2) is 5.51. The minimum Gasteiger partial charge on any atom is -0.321 e. The predicted octanol–water partition coefficient (Wildman–Crippen LogP) is 4.63. The third kappa shape index (κ3) is 2.55. The molecule has 3 aromatic rings. The van der Waals surface area contributed by atoms with Crippen molar-refractivity contribution in [2.24, 2.45) is 0 Å². The summed E-state index contributed by atoms with van der Waals surface area (Å²) in [6.07, 6.45) is 0. The zero-order chi connectivity index (χ0) is 15.0. The number of aryl methyl sites for hydroxylation is 1. The third-order valence-electron chi connectivity index (χ3n) is 3.53. The summed E-state index contributed by atoms with van der Waals surface area (Å²) in [5, 5.41) is 11.0. The topological polar surface area (TPSA) is 41.6 Å². The number of alkyl halides is 1. The van der Waals surface area contributed by atoms with Crippen LogP contribution < -0.4 is 0 Å². The number of thiophene rings is 1. The molecule has 2 heterocycles. The SMILES string of the molecule is Cc1ccsc1Cn1c(C(C)Cl)nc2ccc(C#N)cc21. The molecule has 106 valence electrons. The van der Waals surface area contributed by atoms with Crippen molar-refractivity contribution in [1.82, 2.24) is 9.55 Å². The second-order valence-electron chi connectivity index (χ2n) is 5.01. The number of rotatable bonds is 3. The van der Waals surface area contributed by atoms with Crippen LogP contribution in [0.5, 0.6) is 0 Å². The van der Waals surface area contributed by atoms with Crippen molar-refractivity contribution in [3.05, 3.63) is 51.5 Å². The number of imidazole rings is 1. The molecular weight excluding hydrogens is 302 g/mol. The molecule has 0 radical (unpaired) electrons. The van der Waals surface area contributed by atoms with Gasteiger partial charge in [-0.2, -0.15) is 5.26 Å². The first-order chi connectivity index (χ1) is 10.1. The van der Waals surface area contributed by atoms with Gasteiger partial charge < -0.3 is 4.57 Å². The van der Waals surface area contributed by atoms with Crippen LogP contribution in [0.3, 0.4) is 0 Å². The van der Waals surface area contributed by atoms with Crippen LogP contribution in [0.1, 0.15) is 34.1 Å². The van der Waals surface area contributed by atoms with Gasteiger partial charge in [0.1, 0.15) is 5.82 Å². The highest BCUT2D eigenvalue weighted by atomic mass is 35.5. The number of halogens is 1. The molecule has 0 aliphatic heterocycles. The first kappa shape index (κ1) is 14.1. The van der Waals surface area contributed by atoms with Gasteiger partial charge in [0.15, 0.2) is 0 Å². The summed E-state index contributed by atoms with van der Waals surface area (Å²) < 4.78 is 2.12.